The summed E-state index contributed by atoms with van der Waals surface area (Å²) in [5, 5.41) is 3.56. The maximum absolute atomic E-state index is 13.2. The Bertz CT molecular complexity index is 1070. The van der Waals surface area contributed by atoms with Gasteiger partial charge in [0, 0.05) is 12.5 Å². The van der Waals surface area contributed by atoms with E-state index < -0.39 is 6.04 Å². The number of rotatable bonds is 7. The third kappa shape index (κ3) is 4.39. The highest BCUT2D eigenvalue weighted by atomic mass is 32.1. The molecule has 28 heavy (non-hydrogen) atoms. The lowest BCUT2D eigenvalue weighted by molar-refractivity contribution is -0.125. The van der Waals surface area contributed by atoms with Crippen LogP contribution in [0.2, 0.25) is 0 Å². The molecule has 0 aliphatic heterocycles. The number of fused-ring (bicyclic) bond motifs is 1. The molecule has 1 amide bonds. The Morgan fingerprint density at radius 1 is 1.14 bits per heavy atom. The van der Waals surface area contributed by atoms with E-state index in [0.29, 0.717) is 17.3 Å². The van der Waals surface area contributed by atoms with Gasteiger partial charge >= 0.3 is 0 Å². The molecule has 2 N–H and O–H groups in total. The number of carbonyl (C=O) groups is 1. The normalized spacial score (nSPS) is 13.2. The van der Waals surface area contributed by atoms with Crippen molar-refractivity contribution in [2.45, 2.75) is 45.2 Å². The van der Waals surface area contributed by atoms with Crippen LogP contribution in [-0.4, -0.2) is 21.5 Å². The number of nitrogens with one attached hydrogen (secondary N) is 2. The van der Waals surface area contributed by atoms with Gasteiger partial charge in [0.1, 0.15) is 6.04 Å². The fraction of sp³-hybridized carbons (Fsp3) is 0.318. The molecule has 2 aromatic carbocycles. The Balaban J connectivity index is 2.08. The largest absolute Gasteiger partial charge is 0.352 e. The molecule has 6 heteroatoms. The minimum Gasteiger partial charge on any atom is -0.352 e. The number of hydrogen-bond acceptors (Lipinski definition) is 3. The van der Waals surface area contributed by atoms with Crippen LogP contribution < -0.4 is 10.9 Å². The molecule has 5 nitrogen and oxygen atoms in total. The minimum absolute atomic E-state index is 0.0319. The number of benzene rings is 2. The number of amides is 1. The quantitative estimate of drug-likeness (QED) is 0.591. The van der Waals surface area contributed by atoms with Crippen molar-refractivity contribution in [1.29, 1.82) is 0 Å². The predicted octanol–water partition coefficient (Wildman–Crippen LogP) is 4.15. The molecule has 0 spiro atoms. The Labute approximate surface area is 169 Å². The predicted molar refractivity (Wildman–Crippen MR) is 115 cm³/mol. The summed E-state index contributed by atoms with van der Waals surface area (Å²) in [4.78, 5) is 29.4. The van der Waals surface area contributed by atoms with Crippen LogP contribution in [0, 0.1) is 4.77 Å². The van der Waals surface area contributed by atoms with E-state index in [-0.39, 0.29) is 22.3 Å². The van der Waals surface area contributed by atoms with Gasteiger partial charge in [0.15, 0.2) is 4.77 Å². The molecule has 0 aliphatic rings. The molecule has 1 heterocycles. The molecule has 0 radical (unpaired) electrons. The van der Waals surface area contributed by atoms with E-state index in [1.807, 2.05) is 49.4 Å². The van der Waals surface area contributed by atoms with Crippen molar-refractivity contribution in [1.82, 2.24) is 14.9 Å². The van der Waals surface area contributed by atoms with Crippen molar-refractivity contribution in [3.8, 4) is 0 Å². The molecular weight excluding hydrogens is 370 g/mol. The van der Waals surface area contributed by atoms with Crippen LogP contribution in [-0.2, 0) is 11.2 Å². The lowest BCUT2D eigenvalue weighted by Gasteiger charge is -2.22. The first-order valence-electron chi connectivity index (χ1n) is 9.59. The highest BCUT2D eigenvalue weighted by Gasteiger charge is 2.25. The van der Waals surface area contributed by atoms with Crippen LogP contribution >= 0.6 is 12.2 Å². The SMILES string of the molecule is CCC[C@H](C)NC(=O)[C@H](Cc1ccccc1)n1c(=S)[nH]c2ccccc2c1=O. The number of H-pyrrole nitrogens is 1. The standard InChI is InChI=1S/C22H25N3O2S/c1-3-9-15(2)23-20(26)19(14-16-10-5-4-6-11-16)25-21(27)17-12-7-8-13-18(17)24-22(25)28/h4-8,10-13,15,19H,3,9,14H2,1-2H3,(H,23,26)(H,24,28)/t15-,19-/m0/s1. The zero-order valence-corrected chi connectivity index (χ0v) is 17.0. The molecule has 1 aromatic heterocycles. The first-order valence-corrected chi connectivity index (χ1v) is 10.00. The topological polar surface area (TPSA) is 66.9 Å². The molecule has 146 valence electrons. The van der Waals surface area contributed by atoms with E-state index in [4.69, 9.17) is 12.2 Å². The van der Waals surface area contributed by atoms with Gasteiger partial charge in [0.2, 0.25) is 5.91 Å². The van der Waals surface area contributed by atoms with Gasteiger partial charge in [-0.3, -0.25) is 14.2 Å². The van der Waals surface area contributed by atoms with Gasteiger partial charge < -0.3 is 10.3 Å². The number of nitrogens with zero attached hydrogens (tertiary/aromatic N) is 1. The molecule has 2 atom stereocenters. The van der Waals surface area contributed by atoms with Crippen LogP contribution in [0.4, 0.5) is 0 Å². The molecule has 3 aromatic rings. The van der Waals surface area contributed by atoms with E-state index in [0.717, 1.165) is 18.4 Å². The molecule has 0 aliphatic carbocycles. The van der Waals surface area contributed by atoms with Crippen LogP contribution in [0.5, 0.6) is 0 Å². The third-order valence-corrected chi connectivity index (χ3v) is 5.13. The number of aromatic amines is 1. The molecule has 0 unspecified atom stereocenters. The fourth-order valence-electron chi connectivity index (χ4n) is 3.44. The molecule has 0 saturated heterocycles. The summed E-state index contributed by atoms with van der Waals surface area (Å²) < 4.78 is 1.67. The van der Waals surface area contributed by atoms with Crippen molar-refractivity contribution < 1.29 is 4.79 Å². The van der Waals surface area contributed by atoms with Gasteiger partial charge in [-0.25, -0.2) is 0 Å². The van der Waals surface area contributed by atoms with Gasteiger partial charge in [-0.2, -0.15) is 0 Å². The summed E-state index contributed by atoms with van der Waals surface area (Å²) in [5.74, 6) is -0.193. The van der Waals surface area contributed by atoms with Gasteiger partial charge in [0.25, 0.3) is 5.56 Å². The van der Waals surface area contributed by atoms with Crippen LogP contribution in [0.15, 0.2) is 59.4 Å². The molecule has 3 rings (SSSR count). The van der Waals surface area contributed by atoms with Crippen LogP contribution in [0.1, 0.15) is 38.3 Å². The lowest BCUT2D eigenvalue weighted by atomic mass is 10.0. The van der Waals surface area contributed by atoms with Crippen LogP contribution in [0.25, 0.3) is 10.9 Å². The Morgan fingerprint density at radius 2 is 1.82 bits per heavy atom. The maximum Gasteiger partial charge on any atom is 0.262 e. The second-order valence-electron chi connectivity index (χ2n) is 7.05. The highest BCUT2D eigenvalue weighted by molar-refractivity contribution is 7.71. The lowest BCUT2D eigenvalue weighted by Crippen LogP contribution is -2.42. The zero-order valence-electron chi connectivity index (χ0n) is 16.1. The Hall–Kier alpha value is -2.73. The van der Waals surface area contributed by atoms with Crippen molar-refractivity contribution in [3.63, 3.8) is 0 Å². The maximum atomic E-state index is 13.2. The Morgan fingerprint density at radius 3 is 2.54 bits per heavy atom. The number of hydrogen-bond donors (Lipinski definition) is 2. The smallest absolute Gasteiger partial charge is 0.262 e. The second kappa shape index (κ2) is 8.97. The average molecular weight is 396 g/mol. The van der Waals surface area contributed by atoms with E-state index in [1.54, 1.807) is 12.1 Å². The third-order valence-electron chi connectivity index (χ3n) is 4.83. The monoisotopic (exact) mass is 395 g/mol. The molecule has 0 saturated carbocycles. The van der Waals surface area contributed by atoms with Crippen molar-refractivity contribution in [2.24, 2.45) is 0 Å². The molecular formula is C22H25N3O2S. The summed E-state index contributed by atoms with van der Waals surface area (Å²) in [7, 11) is 0. The summed E-state index contributed by atoms with van der Waals surface area (Å²) in [6, 6.07) is 16.2. The van der Waals surface area contributed by atoms with E-state index in [1.165, 1.54) is 4.57 Å². The summed E-state index contributed by atoms with van der Waals surface area (Å²) in [6.07, 6.45) is 2.24. The molecule has 0 bridgehead atoms. The van der Waals surface area contributed by atoms with Crippen molar-refractivity contribution in [3.05, 3.63) is 75.3 Å². The van der Waals surface area contributed by atoms with Gasteiger partial charge in [-0.05, 0) is 43.3 Å². The van der Waals surface area contributed by atoms with Gasteiger partial charge in [-0.15, -0.1) is 0 Å². The number of aromatic nitrogens is 2. The van der Waals surface area contributed by atoms with Gasteiger partial charge in [-0.1, -0.05) is 55.8 Å². The summed E-state index contributed by atoms with van der Waals surface area (Å²) >= 11 is 5.47. The first-order chi connectivity index (χ1) is 13.5. The number of carbonyl (C=O) groups excluding carboxylic acids is 1. The second-order valence-corrected chi connectivity index (χ2v) is 7.44. The first kappa shape index (κ1) is 20.0. The molecule has 0 fully saturated rings. The summed E-state index contributed by atoms with van der Waals surface area (Å²) in [5.41, 5.74) is 1.39. The van der Waals surface area contributed by atoms with Gasteiger partial charge in [0.05, 0.1) is 10.9 Å². The van der Waals surface area contributed by atoms with E-state index in [9.17, 15) is 9.59 Å². The Kier molecular flexibility index (Phi) is 6.41. The fourth-order valence-corrected chi connectivity index (χ4v) is 3.76. The average Bonchev–Trinajstić information content (AvgIpc) is 2.68. The minimum atomic E-state index is -0.720. The van der Waals surface area contributed by atoms with Crippen molar-refractivity contribution in [2.75, 3.05) is 0 Å². The summed E-state index contributed by atoms with van der Waals surface area (Å²) in [6.45, 7) is 4.05. The van der Waals surface area contributed by atoms with E-state index >= 15 is 0 Å². The number of para-hydroxylation sites is 1. The highest BCUT2D eigenvalue weighted by Crippen LogP contribution is 2.16. The van der Waals surface area contributed by atoms with Crippen molar-refractivity contribution >= 4 is 29.0 Å². The van der Waals surface area contributed by atoms with Crippen LogP contribution in [0.3, 0.4) is 0 Å². The zero-order chi connectivity index (χ0) is 20.1. The van der Waals surface area contributed by atoms with E-state index in [2.05, 4.69) is 17.2 Å².